The lowest BCUT2D eigenvalue weighted by atomic mass is 9.96. The van der Waals surface area contributed by atoms with Gasteiger partial charge < -0.3 is 19.1 Å². The Bertz CT molecular complexity index is 863. The van der Waals surface area contributed by atoms with Gasteiger partial charge in [-0.25, -0.2) is 0 Å². The predicted octanol–water partition coefficient (Wildman–Crippen LogP) is 4.24. The molecule has 1 atom stereocenters. The van der Waals surface area contributed by atoms with Crippen LogP contribution in [0.4, 0.5) is 0 Å². The molecule has 3 rings (SSSR count). The van der Waals surface area contributed by atoms with Crippen molar-refractivity contribution in [1.82, 2.24) is 9.80 Å². The van der Waals surface area contributed by atoms with Gasteiger partial charge in [-0.2, -0.15) is 0 Å². The second-order valence-electron chi connectivity index (χ2n) is 7.93. The van der Waals surface area contributed by atoms with Crippen molar-refractivity contribution < 1.29 is 19.0 Å². The van der Waals surface area contributed by atoms with Crippen LogP contribution in [0, 0.1) is 5.92 Å². The van der Waals surface area contributed by atoms with E-state index < -0.39 is 0 Å². The third kappa shape index (κ3) is 5.83. The number of benzene rings is 2. The molecule has 1 aliphatic heterocycles. The lowest BCUT2D eigenvalue weighted by molar-refractivity contribution is -0.136. The second-order valence-corrected chi connectivity index (χ2v) is 8.37. The average Bonchev–Trinajstić information content (AvgIpc) is 2.79. The number of nitrogens with zero attached hydrogens (tertiary/aromatic N) is 2. The molecule has 1 amide bonds. The van der Waals surface area contributed by atoms with Crippen LogP contribution in [0.1, 0.15) is 24.0 Å². The number of piperidine rings is 1. The van der Waals surface area contributed by atoms with E-state index >= 15 is 0 Å². The molecule has 0 N–H and O–H groups in total. The summed E-state index contributed by atoms with van der Waals surface area (Å²) in [6.45, 7) is 3.07. The fourth-order valence-corrected chi connectivity index (χ4v) is 4.26. The highest BCUT2D eigenvalue weighted by Gasteiger charge is 2.28. The minimum absolute atomic E-state index is 0.00640. The Kier molecular flexibility index (Phi) is 8.04. The number of methoxy groups -OCH3 is 3. The molecule has 6 nitrogen and oxygen atoms in total. The maximum Gasteiger partial charge on any atom is 0.227 e. The number of halogens is 1. The van der Waals surface area contributed by atoms with E-state index in [2.05, 4.69) is 4.90 Å². The van der Waals surface area contributed by atoms with E-state index in [1.165, 1.54) is 5.56 Å². The van der Waals surface area contributed by atoms with E-state index in [0.717, 1.165) is 43.1 Å². The molecule has 0 unspecified atom stereocenters. The Morgan fingerprint density at radius 3 is 2.29 bits per heavy atom. The first-order valence-corrected chi connectivity index (χ1v) is 10.8. The molecule has 2 aromatic carbocycles. The van der Waals surface area contributed by atoms with Crippen molar-refractivity contribution in [2.45, 2.75) is 25.9 Å². The fourth-order valence-electron chi connectivity index (χ4n) is 4.14. The summed E-state index contributed by atoms with van der Waals surface area (Å²) in [5.74, 6) is 1.88. The highest BCUT2D eigenvalue weighted by Crippen LogP contribution is 2.38. The first-order chi connectivity index (χ1) is 14.9. The number of ether oxygens (including phenoxy) is 3. The summed E-state index contributed by atoms with van der Waals surface area (Å²) in [6.07, 6.45) is 1.93. The Balaban J connectivity index is 1.64. The molecule has 1 heterocycles. The van der Waals surface area contributed by atoms with Gasteiger partial charge in [0, 0.05) is 31.7 Å². The highest BCUT2D eigenvalue weighted by molar-refractivity contribution is 6.30. The molecule has 1 saturated heterocycles. The van der Waals surface area contributed by atoms with Gasteiger partial charge in [0.1, 0.15) is 0 Å². The largest absolute Gasteiger partial charge is 0.493 e. The van der Waals surface area contributed by atoms with Crippen LogP contribution in [-0.2, 0) is 17.9 Å². The van der Waals surface area contributed by atoms with Crippen molar-refractivity contribution in [3.05, 3.63) is 52.5 Å². The molecule has 31 heavy (non-hydrogen) atoms. The third-order valence-electron chi connectivity index (χ3n) is 5.69. The molecule has 0 saturated carbocycles. The Hall–Kier alpha value is -2.44. The molecule has 7 heteroatoms. The first-order valence-electron chi connectivity index (χ1n) is 10.5. The van der Waals surface area contributed by atoms with E-state index in [9.17, 15) is 4.79 Å². The molecule has 168 valence electrons. The monoisotopic (exact) mass is 446 g/mol. The molecule has 2 aromatic rings. The van der Waals surface area contributed by atoms with Crippen molar-refractivity contribution >= 4 is 17.5 Å². The van der Waals surface area contributed by atoms with Crippen molar-refractivity contribution in [2.24, 2.45) is 5.92 Å². The van der Waals surface area contributed by atoms with E-state index in [1.54, 1.807) is 26.2 Å². The van der Waals surface area contributed by atoms with Crippen LogP contribution in [-0.4, -0.2) is 57.2 Å². The summed E-state index contributed by atoms with van der Waals surface area (Å²) in [6, 6.07) is 11.7. The van der Waals surface area contributed by atoms with Crippen LogP contribution in [0.3, 0.4) is 0 Å². The topological polar surface area (TPSA) is 51.2 Å². The van der Waals surface area contributed by atoms with Crippen molar-refractivity contribution in [3.8, 4) is 17.2 Å². The fraction of sp³-hybridized carbons (Fsp3) is 0.458. The van der Waals surface area contributed by atoms with Gasteiger partial charge in [0.05, 0.1) is 27.2 Å². The molecular formula is C24H31ClN2O4. The zero-order valence-corrected chi connectivity index (χ0v) is 19.4. The number of amides is 1. The van der Waals surface area contributed by atoms with Crippen LogP contribution in [0.5, 0.6) is 17.2 Å². The molecule has 0 aliphatic carbocycles. The summed E-state index contributed by atoms with van der Waals surface area (Å²) in [7, 11) is 6.61. The van der Waals surface area contributed by atoms with Gasteiger partial charge in [-0.05, 0) is 54.8 Å². The number of likely N-dealkylation sites (tertiary alicyclic amines) is 1. The lowest BCUT2D eigenvalue weighted by Gasteiger charge is -2.34. The lowest BCUT2D eigenvalue weighted by Crippen LogP contribution is -2.43. The summed E-state index contributed by atoms with van der Waals surface area (Å²) in [5.41, 5.74) is 2.14. The molecule has 1 aliphatic rings. The van der Waals surface area contributed by atoms with Crippen molar-refractivity contribution in [3.63, 3.8) is 0 Å². The Labute approximate surface area is 189 Å². The SMILES string of the molecule is COc1cc(CN(C)C(=O)[C@@H]2CCCN(Cc3ccc(Cl)cc3)C2)cc(OC)c1OC. The molecule has 0 aromatic heterocycles. The van der Waals surface area contributed by atoms with Gasteiger partial charge in [0.25, 0.3) is 0 Å². The molecule has 1 fully saturated rings. The summed E-state index contributed by atoms with van der Waals surface area (Å²) >= 11 is 5.99. The Morgan fingerprint density at radius 1 is 1.06 bits per heavy atom. The van der Waals surface area contributed by atoms with E-state index in [1.807, 2.05) is 43.4 Å². The van der Waals surface area contributed by atoms with E-state index in [-0.39, 0.29) is 11.8 Å². The van der Waals surface area contributed by atoms with Gasteiger partial charge in [0.2, 0.25) is 11.7 Å². The molecule has 0 bridgehead atoms. The zero-order chi connectivity index (χ0) is 22.4. The minimum atomic E-state index is -0.00640. The predicted molar refractivity (Wildman–Crippen MR) is 122 cm³/mol. The van der Waals surface area contributed by atoms with Gasteiger partial charge in [-0.15, -0.1) is 0 Å². The molecule has 0 spiro atoms. The van der Waals surface area contributed by atoms with Crippen LogP contribution >= 0.6 is 11.6 Å². The van der Waals surface area contributed by atoms with Gasteiger partial charge in [0.15, 0.2) is 11.5 Å². The maximum atomic E-state index is 13.2. The normalized spacial score (nSPS) is 16.6. The maximum absolute atomic E-state index is 13.2. The van der Waals surface area contributed by atoms with Crippen LogP contribution in [0.25, 0.3) is 0 Å². The van der Waals surface area contributed by atoms with E-state index in [0.29, 0.717) is 23.8 Å². The van der Waals surface area contributed by atoms with Crippen LogP contribution < -0.4 is 14.2 Å². The van der Waals surface area contributed by atoms with Gasteiger partial charge in [-0.3, -0.25) is 9.69 Å². The number of carbonyl (C=O) groups is 1. The number of rotatable bonds is 8. The van der Waals surface area contributed by atoms with Gasteiger partial charge >= 0.3 is 0 Å². The zero-order valence-electron chi connectivity index (χ0n) is 18.7. The van der Waals surface area contributed by atoms with Gasteiger partial charge in [-0.1, -0.05) is 23.7 Å². The van der Waals surface area contributed by atoms with Crippen LogP contribution in [0.2, 0.25) is 5.02 Å². The summed E-state index contributed by atoms with van der Waals surface area (Å²) in [5, 5.41) is 0.740. The first kappa shape index (κ1) is 23.2. The smallest absolute Gasteiger partial charge is 0.227 e. The number of hydrogen-bond acceptors (Lipinski definition) is 5. The average molecular weight is 447 g/mol. The third-order valence-corrected chi connectivity index (χ3v) is 5.95. The highest BCUT2D eigenvalue weighted by atomic mass is 35.5. The van der Waals surface area contributed by atoms with Crippen LogP contribution in [0.15, 0.2) is 36.4 Å². The Morgan fingerprint density at radius 2 is 1.71 bits per heavy atom. The standard InChI is InChI=1S/C24H31ClN2O4/c1-26(14-18-12-21(29-2)23(31-4)22(13-18)30-3)24(28)19-6-5-11-27(16-19)15-17-7-9-20(25)10-8-17/h7-10,12-13,19H,5-6,11,14-16H2,1-4H3/t19-/m1/s1. The number of carbonyl (C=O) groups excluding carboxylic acids is 1. The minimum Gasteiger partial charge on any atom is -0.493 e. The molecular weight excluding hydrogens is 416 g/mol. The number of hydrogen-bond donors (Lipinski definition) is 0. The van der Waals surface area contributed by atoms with Crippen molar-refractivity contribution in [2.75, 3.05) is 41.5 Å². The van der Waals surface area contributed by atoms with E-state index in [4.69, 9.17) is 25.8 Å². The second kappa shape index (κ2) is 10.7. The quantitative estimate of drug-likeness (QED) is 0.607. The summed E-state index contributed by atoms with van der Waals surface area (Å²) in [4.78, 5) is 17.3. The molecule has 0 radical (unpaired) electrons. The summed E-state index contributed by atoms with van der Waals surface area (Å²) < 4.78 is 16.2. The van der Waals surface area contributed by atoms with Crippen molar-refractivity contribution in [1.29, 1.82) is 0 Å².